The number of hydrogen-bond donors (Lipinski definition) is 2. The maximum Gasteiger partial charge on any atom is 0.319 e. The van der Waals surface area contributed by atoms with Gasteiger partial charge in [-0.2, -0.15) is 0 Å². The first-order valence-electron chi connectivity index (χ1n) is 7.72. The largest absolute Gasteiger partial charge is 0.338 e. The second-order valence-corrected chi connectivity index (χ2v) is 6.39. The summed E-state index contributed by atoms with van der Waals surface area (Å²) in [5.74, 6) is 0.395. The molecule has 0 aromatic heterocycles. The number of hydrogen-bond acceptors (Lipinski definition) is 2. The molecule has 7 heteroatoms. The lowest BCUT2D eigenvalue weighted by molar-refractivity contribution is 0.147. The van der Waals surface area contributed by atoms with E-state index in [1.165, 1.54) is 0 Å². The summed E-state index contributed by atoms with van der Waals surface area (Å²) >= 11 is 5.88. The van der Waals surface area contributed by atoms with Crippen molar-refractivity contribution in [3.63, 3.8) is 0 Å². The van der Waals surface area contributed by atoms with Crippen molar-refractivity contribution >= 4 is 29.4 Å². The van der Waals surface area contributed by atoms with Crippen molar-refractivity contribution in [3.05, 3.63) is 29.3 Å². The average Bonchev–Trinajstić information content (AvgIpc) is 2.52. The van der Waals surface area contributed by atoms with E-state index in [1.54, 1.807) is 43.3 Å². The number of carbonyl (C=O) groups is 2. The topological polar surface area (TPSA) is 64.7 Å². The Bertz CT molecular complexity index is 557. The van der Waals surface area contributed by atoms with Crippen LogP contribution < -0.4 is 10.6 Å². The third kappa shape index (κ3) is 5.32. The van der Waals surface area contributed by atoms with Crippen LogP contribution in [0.5, 0.6) is 0 Å². The third-order valence-electron chi connectivity index (χ3n) is 3.90. The summed E-state index contributed by atoms with van der Waals surface area (Å²) in [6, 6.07) is 6.85. The molecule has 1 aromatic carbocycles. The molecule has 1 fully saturated rings. The zero-order valence-electron chi connectivity index (χ0n) is 13.5. The number of halogens is 1. The Hall–Kier alpha value is -1.95. The molecular weight excluding hydrogens is 316 g/mol. The molecule has 1 heterocycles. The Kier molecular flexibility index (Phi) is 6.10. The number of rotatable bonds is 3. The Morgan fingerprint density at radius 3 is 2.61 bits per heavy atom. The Morgan fingerprint density at radius 1 is 1.30 bits per heavy atom. The van der Waals surface area contributed by atoms with Crippen molar-refractivity contribution in [1.82, 2.24) is 15.1 Å². The molecular formula is C16H23ClN4O2. The van der Waals surface area contributed by atoms with Crippen LogP contribution >= 0.6 is 11.6 Å². The van der Waals surface area contributed by atoms with Gasteiger partial charge in [0, 0.05) is 44.4 Å². The first-order valence-corrected chi connectivity index (χ1v) is 8.10. The summed E-state index contributed by atoms with van der Waals surface area (Å²) in [6.45, 7) is 2.08. The molecule has 0 radical (unpaired) electrons. The van der Waals surface area contributed by atoms with Crippen molar-refractivity contribution in [2.75, 3.05) is 39.0 Å². The van der Waals surface area contributed by atoms with E-state index in [0.717, 1.165) is 25.9 Å². The van der Waals surface area contributed by atoms with Crippen LogP contribution in [0.4, 0.5) is 15.3 Å². The van der Waals surface area contributed by atoms with Crippen LogP contribution in [0.15, 0.2) is 24.3 Å². The van der Waals surface area contributed by atoms with Crippen LogP contribution in [0, 0.1) is 5.92 Å². The molecule has 1 aliphatic rings. The number of amides is 4. The minimum absolute atomic E-state index is 0.0510. The zero-order valence-corrected chi connectivity index (χ0v) is 14.3. The number of likely N-dealkylation sites (tertiary alicyclic amines) is 1. The van der Waals surface area contributed by atoms with Gasteiger partial charge in [0.2, 0.25) is 0 Å². The molecule has 126 valence electrons. The van der Waals surface area contributed by atoms with E-state index in [0.29, 0.717) is 23.2 Å². The van der Waals surface area contributed by atoms with Crippen molar-refractivity contribution < 1.29 is 9.59 Å². The number of nitrogens with zero attached hydrogens (tertiary/aromatic N) is 2. The maximum absolute atomic E-state index is 11.9. The van der Waals surface area contributed by atoms with Crippen LogP contribution in [-0.4, -0.2) is 55.6 Å². The third-order valence-corrected chi connectivity index (χ3v) is 4.14. The summed E-state index contributed by atoms with van der Waals surface area (Å²) in [5, 5.41) is 6.22. The average molecular weight is 339 g/mol. The first kappa shape index (κ1) is 17.4. The highest BCUT2D eigenvalue weighted by Gasteiger charge is 2.23. The van der Waals surface area contributed by atoms with Gasteiger partial charge in [0.1, 0.15) is 0 Å². The van der Waals surface area contributed by atoms with Crippen LogP contribution in [0.3, 0.4) is 0 Å². The Balaban J connectivity index is 1.71. The number of anilines is 1. The highest BCUT2D eigenvalue weighted by molar-refractivity contribution is 6.30. The lowest BCUT2D eigenvalue weighted by Crippen LogP contribution is -2.45. The number of carbonyl (C=O) groups excluding carboxylic acids is 2. The molecule has 4 amide bonds. The van der Waals surface area contributed by atoms with Gasteiger partial charge >= 0.3 is 12.1 Å². The van der Waals surface area contributed by atoms with Gasteiger partial charge in [-0.1, -0.05) is 17.7 Å². The summed E-state index contributed by atoms with van der Waals surface area (Å²) in [5.41, 5.74) is 0.668. The van der Waals surface area contributed by atoms with Gasteiger partial charge in [0.25, 0.3) is 0 Å². The SMILES string of the molecule is CN(C)C(=O)N1CCC(CNC(=O)Nc2cccc(Cl)c2)CC1. The summed E-state index contributed by atoms with van der Waals surface area (Å²) in [4.78, 5) is 27.2. The normalized spacial score (nSPS) is 15.2. The first-order chi connectivity index (χ1) is 11.0. The van der Waals surface area contributed by atoms with Crippen LogP contribution in [0.1, 0.15) is 12.8 Å². The second-order valence-electron chi connectivity index (χ2n) is 5.95. The van der Waals surface area contributed by atoms with Crippen LogP contribution in [-0.2, 0) is 0 Å². The molecule has 1 aromatic rings. The van der Waals surface area contributed by atoms with Crippen molar-refractivity contribution in [2.24, 2.45) is 5.92 Å². The number of urea groups is 2. The molecule has 6 nitrogen and oxygen atoms in total. The smallest absolute Gasteiger partial charge is 0.319 e. The molecule has 0 saturated carbocycles. The standard InChI is InChI=1S/C16H23ClN4O2/c1-20(2)16(23)21-8-6-12(7-9-21)11-18-15(22)19-14-5-3-4-13(17)10-14/h3-5,10,12H,6-9,11H2,1-2H3,(H2,18,19,22). The van der Waals surface area contributed by atoms with Gasteiger partial charge in [-0.15, -0.1) is 0 Å². The number of nitrogens with one attached hydrogen (secondary N) is 2. The maximum atomic E-state index is 11.9. The highest BCUT2D eigenvalue weighted by atomic mass is 35.5. The fourth-order valence-electron chi connectivity index (χ4n) is 2.59. The monoisotopic (exact) mass is 338 g/mol. The van der Waals surface area contributed by atoms with E-state index in [9.17, 15) is 9.59 Å². The van der Waals surface area contributed by atoms with Gasteiger partial charge in [0.05, 0.1) is 0 Å². The van der Waals surface area contributed by atoms with Crippen molar-refractivity contribution in [3.8, 4) is 0 Å². The van der Waals surface area contributed by atoms with E-state index in [-0.39, 0.29) is 12.1 Å². The Morgan fingerprint density at radius 2 is 2.00 bits per heavy atom. The van der Waals surface area contributed by atoms with Crippen LogP contribution in [0.2, 0.25) is 5.02 Å². The van der Waals surface area contributed by atoms with E-state index in [1.807, 2.05) is 4.90 Å². The van der Waals surface area contributed by atoms with Gasteiger partial charge < -0.3 is 20.4 Å². The quantitative estimate of drug-likeness (QED) is 0.890. The molecule has 2 N–H and O–H groups in total. The molecule has 0 atom stereocenters. The van der Waals surface area contributed by atoms with Crippen LogP contribution in [0.25, 0.3) is 0 Å². The second kappa shape index (κ2) is 8.06. The predicted molar refractivity (Wildman–Crippen MR) is 91.9 cm³/mol. The number of piperidine rings is 1. The lowest BCUT2D eigenvalue weighted by Gasteiger charge is -2.33. The summed E-state index contributed by atoms with van der Waals surface area (Å²) < 4.78 is 0. The molecule has 0 spiro atoms. The van der Waals surface area contributed by atoms with E-state index >= 15 is 0 Å². The highest BCUT2D eigenvalue weighted by Crippen LogP contribution is 2.18. The van der Waals surface area contributed by atoms with E-state index in [2.05, 4.69) is 10.6 Å². The zero-order chi connectivity index (χ0) is 16.8. The van der Waals surface area contributed by atoms with Crippen molar-refractivity contribution in [1.29, 1.82) is 0 Å². The van der Waals surface area contributed by atoms with Crippen molar-refractivity contribution in [2.45, 2.75) is 12.8 Å². The molecule has 1 aliphatic heterocycles. The fourth-order valence-corrected chi connectivity index (χ4v) is 2.78. The van der Waals surface area contributed by atoms with Gasteiger partial charge in [0.15, 0.2) is 0 Å². The lowest BCUT2D eigenvalue weighted by atomic mass is 9.97. The molecule has 1 saturated heterocycles. The molecule has 23 heavy (non-hydrogen) atoms. The molecule has 0 bridgehead atoms. The van der Waals surface area contributed by atoms with Gasteiger partial charge in [-0.25, -0.2) is 9.59 Å². The molecule has 0 unspecified atom stereocenters. The predicted octanol–water partition coefficient (Wildman–Crippen LogP) is 2.86. The Labute approximate surface area is 141 Å². The van der Waals surface area contributed by atoms with Gasteiger partial charge in [-0.3, -0.25) is 0 Å². The number of benzene rings is 1. The fraction of sp³-hybridized carbons (Fsp3) is 0.500. The summed E-state index contributed by atoms with van der Waals surface area (Å²) in [6.07, 6.45) is 1.80. The van der Waals surface area contributed by atoms with Gasteiger partial charge in [-0.05, 0) is 37.0 Å². The minimum atomic E-state index is -0.237. The molecule has 2 rings (SSSR count). The summed E-state index contributed by atoms with van der Waals surface area (Å²) in [7, 11) is 3.52. The van der Waals surface area contributed by atoms with E-state index < -0.39 is 0 Å². The van der Waals surface area contributed by atoms with E-state index in [4.69, 9.17) is 11.6 Å². The molecule has 0 aliphatic carbocycles. The minimum Gasteiger partial charge on any atom is -0.338 e.